The zero-order valence-corrected chi connectivity index (χ0v) is 13.7. The Labute approximate surface area is 142 Å². The molecule has 124 valence electrons. The number of carbonyl (C=O) groups is 1. The van der Waals surface area contributed by atoms with Crippen LogP contribution in [0.1, 0.15) is 11.3 Å². The summed E-state index contributed by atoms with van der Waals surface area (Å²) in [6.07, 6.45) is 9.24. The fraction of sp³-hybridized carbons (Fsp3) is 0.250. The SMILES string of the molecule is O=C(/C=C/c1ccco1)N1CCN(C/C=C/c2ccccc2)CC1. The average molecular weight is 322 g/mol. The topological polar surface area (TPSA) is 36.7 Å². The molecule has 0 bridgehead atoms. The zero-order chi connectivity index (χ0) is 16.6. The molecule has 0 atom stereocenters. The summed E-state index contributed by atoms with van der Waals surface area (Å²) in [5.74, 6) is 0.749. The highest BCUT2D eigenvalue weighted by Crippen LogP contribution is 2.07. The highest BCUT2D eigenvalue weighted by Gasteiger charge is 2.18. The highest BCUT2D eigenvalue weighted by atomic mass is 16.3. The summed E-state index contributed by atoms with van der Waals surface area (Å²) in [4.78, 5) is 16.4. The van der Waals surface area contributed by atoms with Crippen LogP contribution in [0.5, 0.6) is 0 Å². The lowest BCUT2D eigenvalue weighted by Gasteiger charge is -2.33. The van der Waals surface area contributed by atoms with Crippen molar-refractivity contribution < 1.29 is 9.21 Å². The van der Waals surface area contributed by atoms with Crippen molar-refractivity contribution in [2.24, 2.45) is 0 Å². The second-order valence-electron chi connectivity index (χ2n) is 5.79. The van der Waals surface area contributed by atoms with Crippen LogP contribution in [-0.4, -0.2) is 48.4 Å². The van der Waals surface area contributed by atoms with Crippen LogP contribution in [-0.2, 0) is 4.79 Å². The quantitative estimate of drug-likeness (QED) is 0.794. The monoisotopic (exact) mass is 322 g/mol. The second-order valence-corrected chi connectivity index (χ2v) is 5.79. The lowest BCUT2D eigenvalue weighted by Crippen LogP contribution is -2.48. The molecule has 1 aromatic carbocycles. The van der Waals surface area contributed by atoms with Gasteiger partial charge < -0.3 is 9.32 Å². The van der Waals surface area contributed by atoms with Crippen molar-refractivity contribution in [1.29, 1.82) is 0 Å². The van der Waals surface area contributed by atoms with Gasteiger partial charge >= 0.3 is 0 Å². The van der Waals surface area contributed by atoms with Gasteiger partial charge in [0.05, 0.1) is 6.26 Å². The molecule has 1 aliphatic heterocycles. The largest absolute Gasteiger partial charge is 0.465 e. The second kappa shape index (κ2) is 8.31. The molecule has 2 aromatic rings. The maximum atomic E-state index is 12.2. The predicted molar refractivity (Wildman–Crippen MR) is 96.2 cm³/mol. The molecule has 24 heavy (non-hydrogen) atoms. The Bertz CT molecular complexity index is 682. The third-order valence-electron chi connectivity index (χ3n) is 4.09. The fourth-order valence-corrected chi connectivity index (χ4v) is 2.70. The van der Waals surface area contributed by atoms with Crippen LogP contribution < -0.4 is 0 Å². The van der Waals surface area contributed by atoms with Gasteiger partial charge in [0.1, 0.15) is 5.76 Å². The smallest absolute Gasteiger partial charge is 0.246 e. The molecular formula is C20H22N2O2. The molecule has 0 spiro atoms. The minimum atomic E-state index is 0.0471. The number of piperazine rings is 1. The van der Waals surface area contributed by atoms with Crippen LogP contribution in [0.15, 0.2) is 65.3 Å². The number of furan rings is 1. The van der Waals surface area contributed by atoms with Gasteiger partial charge in [-0.15, -0.1) is 0 Å². The van der Waals surface area contributed by atoms with Crippen LogP contribution >= 0.6 is 0 Å². The Morgan fingerprint density at radius 2 is 1.79 bits per heavy atom. The summed E-state index contributed by atoms with van der Waals surface area (Å²) in [6, 6.07) is 13.9. The molecule has 1 saturated heterocycles. The van der Waals surface area contributed by atoms with E-state index in [1.54, 1.807) is 18.4 Å². The lowest BCUT2D eigenvalue weighted by atomic mass is 10.2. The third kappa shape index (κ3) is 4.70. The summed E-state index contributed by atoms with van der Waals surface area (Å²) >= 11 is 0. The Kier molecular flexibility index (Phi) is 5.64. The van der Waals surface area contributed by atoms with Gasteiger partial charge in [0.2, 0.25) is 5.91 Å². The molecule has 4 heteroatoms. The van der Waals surface area contributed by atoms with Crippen molar-refractivity contribution >= 4 is 18.1 Å². The van der Waals surface area contributed by atoms with Gasteiger partial charge in [0.15, 0.2) is 0 Å². The summed E-state index contributed by atoms with van der Waals surface area (Å²) < 4.78 is 5.20. The van der Waals surface area contributed by atoms with E-state index in [1.807, 2.05) is 35.2 Å². The first kappa shape index (κ1) is 16.3. The molecule has 1 amide bonds. The summed E-state index contributed by atoms with van der Waals surface area (Å²) in [5.41, 5.74) is 1.22. The number of benzene rings is 1. The first-order valence-electron chi connectivity index (χ1n) is 8.26. The lowest BCUT2D eigenvalue weighted by molar-refractivity contribution is -0.127. The molecule has 4 nitrogen and oxygen atoms in total. The molecule has 3 rings (SSSR count). The summed E-state index contributed by atoms with van der Waals surface area (Å²) in [7, 11) is 0. The molecule has 1 aliphatic rings. The van der Waals surface area contributed by atoms with E-state index in [9.17, 15) is 4.79 Å². The van der Waals surface area contributed by atoms with E-state index < -0.39 is 0 Å². The van der Waals surface area contributed by atoms with Gasteiger partial charge in [0.25, 0.3) is 0 Å². The van der Waals surface area contributed by atoms with E-state index in [4.69, 9.17) is 4.42 Å². The van der Waals surface area contributed by atoms with Crippen molar-refractivity contribution in [3.8, 4) is 0 Å². The van der Waals surface area contributed by atoms with Gasteiger partial charge in [-0.25, -0.2) is 0 Å². The van der Waals surface area contributed by atoms with Crippen molar-refractivity contribution in [3.63, 3.8) is 0 Å². The Balaban J connectivity index is 1.42. The Morgan fingerprint density at radius 3 is 2.50 bits per heavy atom. The number of rotatable bonds is 5. The zero-order valence-electron chi connectivity index (χ0n) is 13.7. The number of amides is 1. The van der Waals surface area contributed by atoms with E-state index in [0.29, 0.717) is 5.76 Å². The van der Waals surface area contributed by atoms with Gasteiger partial charge in [-0.2, -0.15) is 0 Å². The van der Waals surface area contributed by atoms with Crippen molar-refractivity contribution in [2.75, 3.05) is 32.7 Å². The Hall–Kier alpha value is -2.59. The first-order valence-corrected chi connectivity index (χ1v) is 8.26. The predicted octanol–water partition coefficient (Wildman–Crippen LogP) is 3.15. The molecule has 0 aliphatic carbocycles. The number of nitrogens with zero attached hydrogens (tertiary/aromatic N) is 2. The third-order valence-corrected chi connectivity index (χ3v) is 4.09. The molecule has 0 radical (unpaired) electrons. The number of hydrogen-bond donors (Lipinski definition) is 0. The maximum absolute atomic E-state index is 12.2. The van der Waals surface area contributed by atoms with E-state index in [1.165, 1.54) is 5.56 Å². The minimum absolute atomic E-state index is 0.0471. The number of carbonyl (C=O) groups excluding carboxylic acids is 1. The van der Waals surface area contributed by atoms with Crippen molar-refractivity contribution in [3.05, 3.63) is 72.2 Å². The average Bonchev–Trinajstić information content (AvgIpc) is 3.15. The van der Waals surface area contributed by atoms with Gasteiger partial charge in [-0.1, -0.05) is 42.5 Å². The molecule has 2 heterocycles. The minimum Gasteiger partial charge on any atom is -0.465 e. The van der Waals surface area contributed by atoms with Crippen LogP contribution in [0.25, 0.3) is 12.2 Å². The number of hydrogen-bond acceptors (Lipinski definition) is 3. The summed E-state index contributed by atoms with van der Waals surface area (Å²) in [6.45, 7) is 4.25. The standard InChI is InChI=1S/C20H22N2O2/c23-20(11-10-19-9-5-17-24-19)22-15-13-21(14-16-22)12-4-8-18-6-2-1-3-7-18/h1-11,17H,12-16H2/b8-4+,11-10+. The van der Waals surface area contributed by atoms with E-state index >= 15 is 0 Å². The van der Waals surface area contributed by atoms with Crippen LogP contribution in [0.4, 0.5) is 0 Å². The van der Waals surface area contributed by atoms with E-state index in [0.717, 1.165) is 32.7 Å². The highest BCUT2D eigenvalue weighted by molar-refractivity contribution is 5.91. The normalized spacial score (nSPS) is 16.2. The molecular weight excluding hydrogens is 300 g/mol. The van der Waals surface area contributed by atoms with Crippen LogP contribution in [0.3, 0.4) is 0 Å². The Morgan fingerprint density at radius 1 is 1.00 bits per heavy atom. The van der Waals surface area contributed by atoms with Crippen molar-refractivity contribution in [2.45, 2.75) is 0 Å². The molecule has 1 fully saturated rings. The van der Waals surface area contributed by atoms with Gasteiger partial charge in [-0.3, -0.25) is 9.69 Å². The fourth-order valence-electron chi connectivity index (χ4n) is 2.70. The van der Waals surface area contributed by atoms with Crippen LogP contribution in [0, 0.1) is 0 Å². The molecule has 0 N–H and O–H groups in total. The molecule has 0 unspecified atom stereocenters. The maximum Gasteiger partial charge on any atom is 0.246 e. The summed E-state index contributed by atoms with van der Waals surface area (Å²) in [5, 5.41) is 0. The van der Waals surface area contributed by atoms with E-state index in [-0.39, 0.29) is 5.91 Å². The van der Waals surface area contributed by atoms with Crippen molar-refractivity contribution in [1.82, 2.24) is 9.80 Å². The first-order chi connectivity index (χ1) is 11.8. The van der Waals surface area contributed by atoms with Crippen LogP contribution in [0.2, 0.25) is 0 Å². The molecule has 0 saturated carbocycles. The van der Waals surface area contributed by atoms with Gasteiger partial charge in [0, 0.05) is 38.8 Å². The van der Waals surface area contributed by atoms with Gasteiger partial charge in [-0.05, 0) is 23.8 Å². The van der Waals surface area contributed by atoms with E-state index in [2.05, 4.69) is 29.2 Å². The molecule has 1 aromatic heterocycles.